The topological polar surface area (TPSA) is 52.6 Å². The van der Waals surface area contributed by atoms with Gasteiger partial charge in [-0.05, 0) is 19.3 Å². The van der Waals surface area contributed by atoms with E-state index in [1.807, 2.05) is 0 Å². The first-order valence-corrected chi connectivity index (χ1v) is 12.0. The van der Waals surface area contributed by atoms with Gasteiger partial charge in [0, 0.05) is 0 Å². The van der Waals surface area contributed by atoms with Crippen molar-refractivity contribution in [3.8, 4) is 0 Å². The van der Waals surface area contributed by atoms with E-state index < -0.39 is 0 Å². The smallest absolute Gasteiger partial charge is 0.309 e. The number of carbonyl (C=O) groups is 2. The van der Waals surface area contributed by atoms with Crippen LogP contribution in [0, 0.1) is 5.92 Å². The Hall–Kier alpha value is -1.06. The second-order valence-electron chi connectivity index (χ2n) is 7.97. The molecule has 1 unspecified atom stereocenters. The molecule has 0 aliphatic heterocycles. The zero-order valence-electron chi connectivity index (χ0n) is 18.9. The predicted molar refractivity (Wildman–Crippen MR) is 116 cm³/mol. The molecule has 4 nitrogen and oxygen atoms in total. The van der Waals surface area contributed by atoms with Crippen LogP contribution in [0.1, 0.15) is 124 Å². The van der Waals surface area contributed by atoms with Crippen molar-refractivity contribution >= 4 is 11.9 Å². The summed E-state index contributed by atoms with van der Waals surface area (Å²) in [5, 5.41) is 0. The van der Waals surface area contributed by atoms with E-state index >= 15 is 0 Å². The Balaban J connectivity index is 4.24. The van der Waals surface area contributed by atoms with Crippen LogP contribution in [0.15, 0.2) is 0 Å². The standard InChI is InChI=1S/C24H46O4/c1-4-7-10-13-14-15-18-22(24(26)28-20-17-12-9-6-3)21-23(25)27-19-16-11-8-5-2/h22H,4-21H2,1-3H3. The summed E-state index contributed by atoms with van der Waals surface area (Å²) in [6, 6.07) is 0. The number of esters is 2. The van der Waals surface area contributed by atoms with Gasteiger partial charge in [0.15, 0.2) is 0 Å². The minimum Gasteiger partial charge on any atom is -0.466 e. The van der Waals surface area contributed by atoms with E-state index in [9.17, 15) is 9.59 Å². The van der Waals surface area contributed by atoms with Crippen LogP contribution in [-0.2, 0) is 19.1 Å². The van der Waals surface area contributed by atoms with Crippen LogP contribution in [0.4, 0.5) is 0 Å². The van der Waals surface area contributed by atoms with Gasteiger partial charge in [0.2, 0.25) is 0 Å². The first kappa shape index (κ1) is 26.9. The minimum atomic E-state index is -0.347. The van der Waals surface area contributed by atoms with Gasteiger partial charge in [-0.25, -0.2) is 0 Å². The van der Waals surface area contributed by atoms with E-state index in [4.69, 9.17) is 9.47 Å². The third-order valence-electron chi connectivity index (χ3n) is 5.16. The van der Waals surface area contributed by atoms with Gasteiger partial charge in [0.25, 0.3) is 0 Å². The highest BCUT2D eigenvalue weighted by Crippen LogP contribution is 2.18. The van der Waals surface area contributed by atoms with Crippen LogP contribution in [0.3, 0.4) is 0 Å². The molecule has 0 aliphatic carbocycles. The lowest BCUT2D eigenvalue weighted by molar-refractivity contribution is -0.155. The zero-order valence-corrected chi connectivity index (χ0v) is 18.9. The van der Waals surface area contributed by atoms with E-state index in [-0.39, 0.29) is 24.3 Å². The molecular weight excluding hydrogens is 352 g/mol. The molecule has 4 heteroatoms. The summed E-state index contributed by atoms with van der Waals surface area (Å²) >= 11 is 0. The van der Waals surface area contributed by atoms with Gasteiger partial charge in [0.1, 0.15) is 0 Å². The molecule has 0 saturated heterocycles. The summed E-state index contributed by atoms with van der Waals surface area (Å²) in [5.74, 6) is -0.816. The number of hydrogen-bond donors (Lipinski definition) is 0. The summed E-state index contributed by atoms with van der Waals surface area (Å²) in [7, 11) is 0. The van der Waals surface area contributed by atoms with Gasteiger partial charge in [0.05, 0.1) is 25.6 Å². The number of unbranched alkanes of at least 4 members (excludes halogenated alkanes) is 11. The lowest BCUT2D eigenvalue weighted by Crippen LogP contribution is -2.23. The monoisotopic (exact) mass is 398 g/mol. The van der Waals surface area contributed by atoms with Crippen LogP contribution in [0.25, 0.3) is 0 Å². The van der Waals surface area contributed by atoms with E-state index in [0.29, 0.717) is 13.2 Å². The van der Waals surface area contributed by atoms with Gasteiger partial charge in [-0.3, -0.25) is 9.59 Å². The maximum Gasteiger partial charge on any atom is 0.309 e. The maximum atomic E-state index is 12.5. The fourth-order valence-corrected chi connectivity index (χ4v) is 3.27. The molecule has 1 atom stereocenters. The van der Waals surface area contributed by atoms with Crippen molar-refractivity contribution < 1.29 is 19.1 Å². The highest BCUT2D eigenvalue weighted by molar-refractivity contribution is 5.79. The van der Waals surface area contributed by atoms with Crippen molar-refractivity contribution in [3.05, 3.63) is 0 Å². The van der Waals surface area contributed by atoms with Gasteiger partial charge in [-0.15, -0.1) is 0 Å². The molecule has 0 bridgehead atoms. The molecule has 0 aromatic rings. The molecule has 28 heavy (non-hydrogen) atoms. The lowest BCUT2D eigenvalue weighted by atomic mass is 9.97. The Morgan fingerprint density at radius 3 is 1.64 bits per heavy atom. The van der Waals surface area contributed by atoms with Crippen molar-refractivity contribution in [2.75, 3.05) is 13.2 Å². The van der Waals surface area contributed by atoms with Crippen LogP contribution < -0.4 is 0 Å². The molecule has 166 valence electrons. The van der Waals surface area contributed by atoms with Gasteiger partial charge in [-0.2, -0.15) is 0 Å². The van der Waals surface area contributed by atoms with Crippen LogP contribution >= 0.6 is 0 Å². The van der Waals surface area contributed by atoms with E-state index in [2.05, 4.69) is 20.8 Å². The molecule has 0 amide bonds. The number of hydrogen-bond acceptors (Lipinski definition) is 4. The Labute approximate surface area is 174 Å². The minimum absolute atomic E-state index is 0.163. The van der Waals surface area contributed by atoms with Crippen molar-refractivity contribution in [2.24, 2.45) is 5.92 Å². The third-order valence-corrected chi connectivity index (χ3v) is 5.16. The Bertz CT molecular complexity index is 368. The fraction of sp³-hybridized carbons (Fsp3) is 0.917. The van der Waals surface area contributed by atoms with Crippen molar-refractivity contribution in [1.29, 1.82) is 0 Å². The predicted octanol–water partition coefficient (Wildman–Crippen LogP) is 6.99. The summed E-state index contributed by atoms with van der Waals surface area (Å²) in [6.45, 7) is 7.47. The second-order valence-corrected chi connectivity index (χ2v) is 7.97. The molecule has 0 radical (unpaired) electrons. The average molecular weight is 399 g/mol. The zero-order chi connectivity index (χ0) is 20.9. The molecule has 0 aliphatic rings. The number of ether oxygens (including phenoxy) is 2. The highest BCUT2D eigenvalue weighted by atomic mass is 16.5. The molecule has 0 aromatic carbocycles. The normalized spacial score (nSPS) is 12.0. The fourth-order valence-electron chi connectivity index (χ4n) is 3.27. The molecule has 0 fully saturated rings. The lowest BCUT2D eigenvalue weighted by Gasteiger charge is -2.16. The Morgan fingerprint density at radius 2 is 1.07 bits per heavy atom. The first-order valence-electron chi connectivity index (χ1n) is 12.0. The average Bonchev–Trinajstić information content (AvgIpc) is 2.69. The summed E-state index contributed by atoms with van der Waals surface area (Å²) < 4.78 is 10.8. The first-order chi connectivity index (χ1) is 13.7. The molecule has 0 aromatic heterocycles. The molecular formula is C24H46O4. The van der Waals surface area contributed by atoms with E-state index in [1.165, 1.54) is 51.4 Å². The number of carbonyl (C=O) groups excluding carboxylic acids is 2. The molecule has 0 N–H and O–H groups in total. The number of rotatable bonds is 20. The van der Waals surface area contributed by atoms with Crippen molar-refractivity contribution in [1.82, 2.24) is 0 Å². The molecule has 0 spiro atoms. The van der Waals surface area contributed by atoms with Crippen LogP contribution in [-0.4, -0.2) is 25.2 Å². The molecule has 0 saturated carbocycles. The largest absolute Gasteiger partial charge is 0.466 e. The summed E-state index contributed by atoms with van der Waals surface area (Å²) in [6.07, 6.45) is 16.6. The quantitative estimate of drug-likeness (QED) is 0.164. The summed E-state index contributed by atoms with van der Waals surface area (Å²) in [5.41, 5.74) is 0. The second kappa shape index (κ2) is 20.7. The SMILES string of the molecule is CCCCCCCCC(CC(=O)OCCCCCC)C(=O)OCCCCCC. The van der Waals surface area contributed by atoms with Gasteiger partial charge < -0.3 is 9.47 Å². The molecule has 0 heterocycles. The van der Waals surface area contributed by atoms with Gasteiger partial charge in [-0.1, -0.05) is 97.8 Å². The van der Waals surface area contributed by atoms with Crippen LogP contribution in [0.5, 0.6) is 0 Å². The Kier molecular flexibility index (Phi) is 19.9. The maximum absolute atomic E-state index is 12.5. The van der Waals surface area contributed by atoms with Crippen LogP contribution in [0.2, 0.25) is 0 Å². The van der Waals surface area contributed by atoms with E-state index in [0.717, 1.165) is 44.9 Å². The van der Waals surface area contributed by atoms with Gasteiger partial charge >= 0.3 is 11.9 Å². The highest BCUT2D eigenvalue weighted by Gasteiger charge is 2.23. The Morgan fingerprint density at radius 1 is 0.607 bits per heavy atom. The van der Waals surface area contributed by atoms with Crippen molar-refractivity contribution in [2.45, 2.75) is 124 Å². The third kappa shape index (κ3) is 17.1. The van der Waals surface area contributed by atoms with Crippen molar-refractivity contribution in [3.63, 3.8) is 0 Å². The van der Waals surface area contributed by atoms with E-state index in [1.54, 1.807) is 0 Å². The molecule has 0 rings (SSSR count). The summed E-state index contributed by atoms with van der Waals surface area (Å²) in [4.78, 5) is 24.6.